The molecule has 2 aromatic rings. The fourth-order valence-corrected chi connectivity index (χ4v) is 1.99. The average Bonchev–Trinajstić information content (AvgIpc) is 2.81. The van der Waals surface area contributed by atoms with Gasteiger partial charge in [0.25, 0.3) is 0 Å². The Morgan fingerprint density at radius 3 is 2.59 bits per heavy atom. The predicted octanol–water partition coefficient (Wildman–Crippen LogP) is 2.35. The second-order valence-corrected chi connectivity index (χ2v) is 3.85. The van der Waals surface area contributed by atoms with Crippen LogP contribution in [0.4, 0.5) is 4.39 Å². The molecule has 0 radical (unpaired) electrons. The van der Waals surface area contributed by atoms with Crippen LogP contribution in [0.25, 0.3) is 0 Å². The summed E-state index contributed by atoms with van der Waals surface area (Å²) < 4.78 is 14.8. The van der Waals surface area contributed by atoms with Gasteiger partial charge in [-0.05, 0) is 37.7 Å². The molecule has 90 valence electrons. The maximum atomic E-state index is 12.9. The van der Waals surface area contributed by atoms with Gasteiger partial charge in [0.15, 0.2) is 0 Å². The van der Waals surface area contributed by atoms with Crippen molar-refractivity contribution in [2.75, 3.05) is 7.05 Å². The van der Waals surface area contributed by atoms with E-state index in [0.29, 0.717) is 0 Å². The van der Waals surface area contributed by atoms with E-state index >= 15 is 0 Å². The van der Waals surface area contributed by atoms with Crippen LogP contribution in [0, 0.1) is 5.82 Å². The SMILES string of the molecule is CCn1nccc1C(NC)c1ccc(F)cc1. The maximum Gasteiger partial charge on any atom is 0.123 e. The van der Waals surface area contributed by atoms with Gasteiger partial charge in [-0.2, -0.15) is 5.10 Å². The van der Waals surface area contributed by atoms with Crippen LogP contribution in [0.2, 0.25) is 0 Å². The number of hydrogen-bond acceptors (Lipinski definition) is 2. The number of halogens is 1. The van der Waals surface area contributed by atoms with Crippen molar-refractivity contribution in [2.24, 2.45) is 0 Å². The standard InChI is InChI=1S/C13H16FN3/c1-3-17-12(8-9-16-17)13(15-2)10-4-6-11(14)7-5-10/h4-9,13,15H,3H2,1-2H3. The molecule has 1 N–H and O–H groups in total. The van der Waals surface area contributed by atoms with Crippen LogP contribution in [0.5, 0.6) is 0 Å². The highest BCUT2D eigenvalue weighted by Gasteiger charge is 2.15. The zero-order valence-corrected chi connectivity index (χ0v) is 10.0. The van der Waals surface area contributed by atoms with E-state index in [2.05, 4.69) is 10.4 Å². The van der Waals surface area contributed by atoms with Gasteiger partial charge < -0.3 is 5.32 Å². The second kappa shape index (κ2) is 5.10. The van der Waals surface area contributed by atoms with Gasteiger partial charge in [-0.25, -0.2) is 4.39 Å². The molecule has 4 heteroatoms. The number of nitrogens with zero attached hydrogens (tertiary/aromatic N) is 2. The summed E-state index contributed by atoms with van der Waals surface area (Å²) in [4.78, 5) is 0. The summed E-state index contributed by atoms with van der Waals surface area (Å²) in [6, 6.07) is 8.57. The molecule has 0 aliphatic rings. The third-order valence-corrected chi connectivity index (χ3v) is 2.84. The molecule has 1 unspecified atom stereocenters. The minimum Gasteiger partial charge on any atom is -0.308 e. The van der Waals surface area contributed by atoms with E-state index in [-0.39, 0.29) is 11.9 Å². The molecule has 1 heterocycles. The van der Waals surface area contributed by atoms with Crippen LogP contribution in [0.1, 0.15) is 24.2 Å². The monoisotopic (exact) mass is 233 g/mol. The minimum absolute atomic E-state index is 0.0399. The van der Waals surface area contributed by atoms with E-state index in [9.17, 15) is 4.39 Å². The Morgan fingerprint density at radius 2 is 2.00 bits per heavy atom. The summed E-state index contributed by atoms with van der Waals surface area (Å²) >= 11 is 0. The molecule has 1 atom stereocenters. The molecule has 2 rings (SSSR count). The smallest absolute Gasteiger partial charge is 0.123 e. The summed E-state index contributed by atoms with van der Waals surface area (Å²) in [6.07, 6.45) is 1.78. The van der Waals surface area contributed by atoms with Gasteiger partial charge in [-0.15, -0.1) is 0 Å². The van der Waals surface area contributed by atoms with Gasteiger partial charge in [0, 0.05) is 12.7 Å². The van der Waals surface area contributed by atoms with Crippen molar-refractivity contribution >= 4 is 0 Å². The van der Waals surface area contributed by atoms with Crippen molar-refractivity contribution in [3.05, 3.63) is 53.6 Å². The lowest BCUT2D eigenvalue weighted by atomic mass is 10.0. The third kappa shape index (κ3) is 2.36. The Kier molecular flexibility index (Phi) is 3.54. The molecule has 0 aliphatic heterocycles. The van der Waals surface area contributed by atoms with E-state index in [1.165, 1.54) is 12.1 Å². The third-order valence-electron chi connectivity index (χ3n) is 2.84. The van der Waals surface area contributed by atoms with E-state index in [1.54, 1.807) is 18.3 Å². The van der Waals surface area contributed by atoms with Crippen LogP contribution < -0.4 is 5.32 Å². The molecule has 0 saturated heterocycles. The highest BCUT2D eigenvalue weighted by Crippen LogP contribution is 2.21. The lowest BCUT2D eigenvalue weighted by Crippen LogP contribution is -2.21. The fraction of sp³-hybridized carbons (Fsp3) is 0.308. The van der Waals surface area contributed by atoms with E-state index in [4.69, 9.17) is 0 Å². The van der Waals surface area contributed by atoms with E-state index in [1.807, 2.05) is 24.7 Å². The number of rotatable bonds is 4. The first kappa shape index (κ1) is 11.8. The first-order valence-corrected chi connectivity index (χ1v) is 5.70. The molecule has 0 amide bonds. The molecular formula is C13H16FN3. The minimum atomic E-state index is -0.215. The molecule has 1 aromatic heterocycles. The summed E-state index contributed by atoms with van der Waals surface area (Å²) in [5, 5.41) is 7.48. The Labute approximate surface area is 100 Å². The van der Waals surface area contributed by atoms with Gasteiger partial charge in [0.1, 0.15) is 5.82 Å². The van der Waals surface area contributed by atoms with Crippen molar-refractivity contribution in [3.63, 3.8) is 0 Å². The van der Waals surface area contributed by atoms with Gasteiger partial charge in [-0.1, -0.05) is 12.1 Å². The van der Waals surface area contributed by atoms with Gasteiger partial charge in [0.05, 0.1) is 11.7 Å². The molecule has 0 bridgehead atoms. The Morgan fingerprint density at radius 1 is 1.29 bits per heavy atom. The van der Waals surface area contributed by atoms with Gasteiger partial charge >= 0.3 is 0 Å². The first-order valence-electron chi connectivity index (χ1n) is 5.70. The molecule has 3 nitrogen and oxygen atoms in total. The van der Waals surface area contributed by atoms with Crippen molar-refractivity contribution in [2.45, 2.75) is 19.5 Å². The summed E-state index contributed by atoms with van der Waals surface area (Å²) in [5.41, 5.74) is 2.12. The lowest BCUT2D eigenvalue weighted by Gasteiger charge is -2.17. The second-order valence-electron chi connectivity index (χ2n) is 3.85. The molecular weight excluding hydrogens is 217 g/mol. The molecule has 0 spiro atoms. The molecule has 0 saturated carbocycles. The molecule has 1 aromatic carbocycles. The molecule has 0 aliphatic carbocycles. The van der Waals surface area contributed by atoms with Crippen LogP contribution in [0.3, 0.4) is 0 Å². The molecule has 0 fully saturated rings. The van der Waals surface area contributed by atoms with Crippen molar-refractivity contribution in [3.8, 4) is 0 Å². The predicted molar refractivity (Wildman–Crippen MR) is 65.2 cm³/mol. The normalized spacial score (nSPS) is 12.6. The zero-order valence-electron chi connectivity index (χ0n) is 10.0. The number of hydrogen-bond donors (Lipinski definition) is 1. The van der Waals surface area contributed by atoms with E-state index in [0.717, 1.165) is 17.8 Å². The quantitative estimate of drug-likeness (QED) is 0.878. The summed E-state index contributed by atoms with van der Waals surface area (Å²) in [7, 11) is 1.89. The number of benzene rings is 1. The Hall–Kier alpha value is -1.68. The van der Waals surface area contributed by atoms with Crippen LogP contribution in [-0.4, -0.2) is 16.8 Å². The summed E-state index contributed by atoms with van der Waals surface area (Å²) in [6.45, 7) is 2.87. The average molecular weight is 233 g/mol. The van der Waals surface area contributed by atoms with Crippen molar-refractivity contribution in [1.82, 2.24) is 15.1 Å². The Bertz CT molecular complexity index is 476. The fourth-order valence-electron chi connectivity index (χ4n) is 1.99. The lowest BCUT2D eigenvalue weighted by molar-refractivity contribution is 0.561. The number of aryl methyl sites for hydroxylation is 1. The highest BCUT2D eigenvalue weighted by molar-refractivity contribution is 5.27. The highest BCUT2D eigenvalue weighted by atomic mass is 19.1. The summed E-state index contributed by atoms with van der Waals surface area (Å²) in [5.74, 6) is -0.215. The van der Waals surface area contributed by atoms with Crippen LogP contribution in [-0.2, 0) is 6.54 Å². The van der Waals surface area contributed by atoms with E-state index < -0.39 is 0 Å². The van der Waals surface area contributed by atoms with Crippen molar-refractivity contribution in [1.29, 1.82) is 0 Å². The van der Waals surface area contributed by atoms with Gasteiger partial charge in [-0.3, -0.25) is 4.68 Å². The maximum absolute atomic E-state index is 12.9. The largest absolute Gasteiger partial charge is 0.308 e. The van der Waals surface area contributed by atoms with Crippen LogP contribution in [0.15, 0.2) is 36.5 Å². The topological polar surface area (TPSA) is 29.9 Å². The zero-order chi connectivity index (χ0) is 12.3. The first-order chi connectivity index (χ1) is 8.26. The van der Waals surface area contributed by atoms with Crippen LogP contribution >= 0.6 is 0 Å². The van der Waals surface area contributed by atoms with Crippen molar-refractivity contribution < 1.29 is 4.39 Å². The molecule has 17 heavy (non-hydrogen) atoms. The van der Waals surface area contributed by atoms with Gasteiger partial charge in [0.2, 0.25) is 0 Å². The number of aromatic nitrogens is 2. The number of nitrogens with one attached hydrogen (secondary N) is 1. The Balaban J connectivity index is 2.36.